The van der Waals surface area contributed by atoms with E-state index in [1.54, 1.807) is 25.3 Å². The van der Waals surface area contributed by atoms with Crippen LogP contribution in [0.15, 0.2) is 58.1 Å². The van der Waals surface area contributed by atoms with Gasteiger partial charge in [-0.25, -0.2) is 4.99 Å². The lowest BCUT2D eigenvalue weighted by Crippen LogP contribution is -2.39. The summed E-state index contributed by atoms with van der Waals surface area (Å²) in [4.78, 5) is 4.50. The van der Waals surface area contributed by atoms with Gasteiger partial charge in [0.2, 0.25) is 0 Å². The van der Waals surface area contributed by atoms with Gasteiger partial charge in [0, 0.05) is 13.1 Å². The number of aliphatic imine (C=N–C) groups is 1. The molecule has 1 heterocycles. The van der Waals surface area contributed by atoms with Crippen LogP contribution in [0.25, 0.3) is 0 Å². The van der Waals surface area contributed by atoms with Crippen LogP contribution in [-0.4, -0.2) is 30.7 Å². The third-order valence-electron chi connectivity index (χ3n) is 4.18. The highest BCUT2D eigenvalue weighted by atomic mass is 127. The number of benzene rings is 1. The Labute approximate surface area is 173 Å². The van der Waals surface area contributed by atoms with Crippen LogP contribution in [0.5, 0.6) is 0 Å². The largest absolute Gasteiger partial charge is 0.466 e. The first-order chi connectivity index (χ1) is 12.0. The molecule has 3 N–H and O–H groups in total. The van der Waals surface area contributed by atoms with Crippen molar-refractivity contribution in [2.75, 3.05) is 19.6 Å². The fourth-order valence-corrected chi connectivity index (χ4v) is 2.59. The van der Waals surface area contributed by atoms with Crippen molar-refractivity contribution in [2.24, 2.45) is 4.99 Å². The van der Waals surface area contributed by atoms with Gasteiger partial charge in [-0.3, -0.25) is 0 Å². The highest BCUT2D eigenvalue weighted by Crippen LogP contribution is 2.21. The summed E-state index contributed by atoms with van der Waals surface area (Å²) >= 11 is 0. The molecule has 2 rings (SSSR count). The molecule has 5 nitrogen and oxygen atoms in total. The zero-order valence-corrected chi connectivity index (χ0v) is 18.1. The van der Waals surface area contributed by atoms with Crippen molar-refractivity contribution < 1.29 is 9.52 Å². The van der Waals surface area contributed by atoms with Crippen molar-refractivity contribution in [2.45, 2.75) is 38.7 Å². The molecular formula is C20H30IN3O2. The van der Waals surface area contributed by atoms with Crippen molar-refractivity contribution in [1.82, 2.24) is 10.6 Å². The maximum Gasteiger partial charge on any atom is 0.191 e. The lowest BCUT2D eigenvalue weighted by Gasteiger charge is -2.20. The summed E-state index contributed by atoms with van der Waals surface area (Å²) in [6, 6.07) is 14.0. The van der Waals surface area contributed by atoms with E-state index in [9.17, 15) is 5.11 Å². The van der Waals surface area contributed by atoms with Gasteiger partial charge in [-0.1, -0.05) is 37.3 Å². The van der Waals surface area contributed by atoms with E-state index in [0.29, 0.717) is 17.6 Å². The minimum Gasteiger partial charge on any atom is -0.466 e. The second-order valence-corrected chi connectivity index (χ2v) is 6.47. The monoisotopic (exact) mass is 471 g/mol. The maximum atomic E-state index is 10.5. The zero-order valence-electron chi connectivity index (χ0n) is 15.7. The Morgan fingerprint density at radius 1 is 1.19 bits per heavy atom. The molecule has 2 unspecified atom stereocenters. The fraction of sp³-hybridized carbons (Fsp3) is 0.450. The number of nitrogens with zero attached hydrogens (tertiary/aromatic N) is 1. The van der Waals surface area contributed by atoms with Crippen LogP contribution >= 0.6 is 24.0 Å². The van der Waals surface area contributed by atoms with Crippen LogP contribution in [-0.2, 0) is 5.60 Å². The Balaban J connectivity index is 0.00000338. The van der Waals surface area contributed by atoms with Gasteiger partial charge in [-0.2, -0.15) is 0 Å². The summed E-state index contributed by atoms with van der Waals surface area (Å²) in [5, 5.41) is 17.0. The minimum atomic E-state index is -1.12. The van der Waals surface area contributed by atoms with E-state index in [1.165, 1.54) is 5.56 Å². The van der Waals surface area contributed by atoms with Crippen molar-refractivity contribution in [3.8, 4) is 0 Å². The number of hydrogen-bond acceptors (Lipinski definition) is 3. The molecular weight excluding hydrogens is 441 g/mol. The van der Waals surface area contributed by atoms with Crippen LogP contribution in [0.1, 0.15) is 44.4 Å². The van der Waals surface area contributed by atoms with Gasteiger partial charge < -0.3 is 20.2 Å². The quantitative estimate of drug-likeness (QED) is 0.311. The molecule has 0 radical (unpaired) electrons. The summed E-state index contributed by atoms with van der Waals surface area (Å²) in [7, 11) is 0. The third-order valence-corrected chi connectivity index (χ3v) is 4.18. The molecule has 26 heavy (non-hydrogen) atoms. The predicted octanol–water partition coefficient (Wildman–Crippen LogP) is 3.85. The number of nitrogens with one attached hydrogen (secondary N) is 2. The molecule has 1 aromatic carbocycles. The molecule has 0 aliphatic heterocycles. The van der Waals surface area contributed by atoms with Crippen molar-refractivity contribution in [3.63, 3.8) is 0 Å². The average Bonchev–Trinajstić information content (AvgIpc) is 3.16. The number of guanidine groups is 1. The summed E-state index contributed by atoms with van der Waals surface area (Å²) in [5.41, 5.74) is 0.218. The summed E-state index contributed by atoms with van der Waals surface area (Å²) in [5.74, 6) is 1.70. The number of furan rings is 1. The molecule has 6 heteroatoms. The Morgan fingerprint density at radius 3 is 2.54 bits per heavy atom. The van der Waals surface area contributed by atoms with Crippen LogP contribution in [0.2, 0.25) is 0 Å². The van der Waals surface area contributed by atoms with Gasteiger partial charge in [-0.15, -0.1) is 24.0 Å². The molecule has 2 aromatic rings. The van der Waals surface area contributed by atoms with Gasteiger partial charge in [0.1, 0.15) is 11.4 Å². The molecule has 0 saturated heterocycles. The van der Waals surface area contributed by atoms with Crippen LogP contribution in [0, 0.1) is 0 Å². The number of halogens is 1. The standard InChI is InChI=1S/C20H29N3O2.HI/c1-4-21-19(23-15-20(3,24)18-11-8-14-25-18)22-13-12-16(2)17-9-6-5-7-10-17;/h5-11,14,16,24H,4,12-13,15H2,1-3H3,(H2,21,22,23);1H. The third kappa shape index (κ3) is 6.99. The lowest BCUT2D eigenvalue weighted by atomic mass is 9.98. The fourth-order valence-electron chi connectivity index (χ4n) is 2.59. The van der Waals surface area contributed by atoms with E-state index in [0.717, 1.165) is 19.5 Å². The number of aliphatic hydroxyl groups is 1. The maximum absolute atomic E-state index is 10.5. The second kappa shape index (κ2) is 11.2. The summed E-state index contributed by atoms with van der Waals surface area (Å²) in [6.07, 6.45) is 2.56. The van der Waals surface area contributed by atoms with E-state index in [2.05, 4.69) is 46.8 Å². The zero-order chi connectivity index (χ0) is 18.1. The topological polar surface area (TPSA) is 69.8 Å². The first-order valence-corrected chi connectivity index (χ1v) is 8.86. The molecule has 0 bridgehead atoms. The molecule has 2 atom stereocenters. The highest BCUT2D eigenvalue weighted by Gasteiger charge is 2.26. The molecule has 0 spiro atoms. The van der Waals surface area contributed by atoms with Gasteiger partial charge in [0.05, 0.1) is 12.8 Å². The average molecular weight is 471 g/mol. The summed E-state index contributed by atoms with van der Waals surface area (Å²) < 4.78 is 5.29. The van der Waals surface area contributed by atoms with E-state index in [-0.39, 0.29) is 30.5 Å². The summed E-state index contributed by atoms with van der Waals surface area (Å²) in [6.45, 7) is 7.76. The van der Waals surface area contributed by atoms with E-state index in [1.807, 2.05) is 13.0 Å². The SMILES string of the molecule is CCNC(=NCC(C)(O)c1ccco1)NCCC(C)c1ccccc1.I. The van der Waals surface area contributed by atoms with Gasteiger partial charge in [-0.05, 0) is 43.9 Å². The van der Waals surface area contributed by atoms with E-state index < -0.39 is 5.60 Å². The van der Waals surface area contributed by atoms with Gasteiger partial charge in [0.25, 0.3) is 0 Å². The first kappa shape index (κ1) is 22.5. The Hall–Kier alpha value is -1.54. The van der Waals surface area contributed by atoms with E-state index >= 15 is 0 Å². The first-order valence-electron chi connectivity index (χ1n) is 8.86. The lowest BCUT2D eigenvalue weighted by molar-refractivity contribution is 0.0437. The predicted molar refractivity (Wildman–Crippen MR) is 117 cm³/mol. The van der Waals surface area contributed by atoms with Crippen molar-refractivity contribution in [1.29, 1.82) is 0 Å². The van der Waals surface area contributed by atoms with Crippen LogP contribution < -0.4 is 10.6 Å². The highest BCUT2D eigenvalue weighted by molar-refractivity contribution is 14.0. The van der Waals surface area contributed by atoms with Crippen LogP contribution in [0.4, 0.5) is 0 Å². The van der Waals surface area contributed by atoms with E-state index in [4.69, 9.17) is 4.42 Å². The van der Waals surface area contributed by atoms with Crippen molar-refractivity contribution in [3.05, 3.63) is 60.1 Å². The molecule has 0 aliphatic carbocycles. The molecule has 0 fully saturated rings. The Bertz CT molecular complexity index is 642. The second-order valence-electron chi connectivity index (χ2n) is 6.47. The minimum absolute atomic E-state index is 0. The number of rotatable bonds is 8. The number of hydrogen-bond donors (Lipinski definition) is 3. The molecule has 144 valence electrons. The molecule has 0 saturated carbocycles. The normalized spacial score (nSPS) is 14.8. The molecule has 0 amide bonds. The smallest absolute Gasteiger partial charge is 0.191 e. The van der Waals surface area contributed by atoms with Gasteiger partial charge >= 0.3 is 0 Å². The molecule has 1 aromatic heterocycles. The van der Waals surface area contributed by atoms with Gasteiger partial charge in [0.15, 0.2) is 5.96 Å². The molecule has 0 aliphatic rings. The Morgan fingerprint density at radius 2 is 1.92 bits per heavy atom. The Kier molecular flexibility index (Phi) is 9.72. The van der Waals surface area contributed by atoms with Crippen molar-refractivity contribution >= 4 is 29.9 Å². The van der Waals surface area contributed by atoms with Crippen LogP contribution in [0.3, 0.4) is 0 Å².